The van der Waals surface area contributed by atoms with E-state index in [0.717, 1.165) is 12.0 Å². The third-order valence-corrected chi connectivity index (χ3v) is 5.03. The van der Waals surface area contributed by atoms with Gasteiger partial charge in [-0.3, -0.25) is 9.59 Å². The fraction of sp³-hybridized carbons (Fsp3) is 0.600. The highest BCUT2D eigenvalue weighted by Crippen LogP contribution is 2.36. The average Bonchev–Trinajstić information content (AvgIpc) is 2.90. The first-order valence-corrected chi connectivity index (χ1v) is 9.12. The lowest BCUT2D eigenvalue weighted by atomic mass is 9.96. The molecular weight excluding hydrogens is 332 g/mol. The second-order valence-corrected chi connectivity index (χ2v) is 7.34. The van der Waals surface area contributed by atoms with Crippen LogP contribution in [0.15, 0.2) is 18.2 Å². The lowest BCUT2D eigenvalue weighted by Gasteiger charge is -2.34. The molecule has 1 saturated heterocycles. The summed E-state index contributed by atoms with van der Waals surface area (Å²) in [6.07, 6.45) is 1.81. The number of ether oxygens (including phenoxy) is 2. The molecule has 1 aromatic carbocycles. The van der Waals surface area contributed by atoms with Gasteiger partial charge in [0.25, 0.3) is 0 Å². The van der Waals surface area contributed by atoms with Crippen molar-refractivity contribution in [3.8, 4) is 11.5 Å². The Hall–Kier alpha value is -2.24. The van der Waals surface area contributed by atoms with Crippen LogP contribution in [0.5, 0.6) is 11.5 Å². The van der Waals surface area contributed by atoms with E-state index in [4.69, 9.17) is 9.47 Å². The standard InChI is InChI=1S/C20H30N2O4/c1-14(2)10-12-21-19(24)20(3)11-9-17(23)22(20)13-15-7-6-8-16(25-4)18(15)26-5/h6-8,14H,9-13H2,1-5H3,(H,21,24). The Kier molecular flexibility index (Phi) is 6.51. The zero-order valence-electron chi connectivity index (χ0n) is 16.4. The normalized spacial score (nSPS) is 19.8. The summed E-state index contributed by atoms with van der Waals surface area (Å²) < 4.78 is 10.8. The van der Waals surface area contributed by atoms with Crippen molar-refractivity contribution in [2.24, 2.45) is 5.92 Å². The maximum Gasteiger partial charge on any atom is 0.245 e. The minimum atomic E-state index is -0.845. The number of likely N-dealkylation sites (tertiary alicyclic amines) is 1. The molecule has 0 bridgehead atoms. The van der Waals surface area contributed by atoms with E-state index in [1.54, 1.807) is 19.1 Å². The third-order valence-electron chi connectivity index (χ3n) is 5.03. The lowest BCUT2D eigenvalue weighted by molar-refractivity contribution is -0.141. The molecule has 0 spiro atoms. The molecule has 1 aliphatic rings. The number of nitrogens with one attached hydrogen (secondary N) is 1. The molecule has 1 atom stereocenters. The summed E-state index contributed by atoms with van der Waals surface area (Å²) in [6.45, 7) is 7.02. The van der Waals surface area contributed by atoms with E-state index in [9.17, 15) is 9.59 Å². The molecule has 1 fully saturated rings. The number of hydrogen-bond donors (Lipinski definition) is 1. The number of para-hydroxylation sites is 1. The molecule has 0 radical (unpaired) electrons. The quantitative estimate of drug-likeness (QED) is 0.772. The van der Waals surface area contributed by atoms with Crippen LogP contribution < -0.4 is 14.8 Å². The number of carbonyl (C=O) groups is 2. The van der Waals surface area contributed by atoms with Gasteiger partial charge in [-0.1, -0.05) is 26.0 Å². The van der Waals surface area contributed by atoms with Crippen LogP contribution in [-0.2, 0) is 16.1 Å². The van der Waals surface area contributed by atoms with Crippen molar-refractivity contribution in [2.75, 3.05) is 20.8 Å². The van der Waals surface area contributed by atoms with Gasteiger partial charge in [-0.25, -0.2) is 0 Å². The van der Waals surface area contributed by atoms with Crippen LogP contribution in [0, 0.1) is 5.92 Å². The smallest absolute Gasteiger partial charge is 0.245 e. The zero-order valence-corrected chi connectivity index (χ0v) is 16.4. The van der Waals surface area contributed by atoms with E-state index in [-0.39, 0.29) is 11.8 Å². The Labute approximate surface area is 155 Å². The number of benzene rings is 1. The highest BCUT2D eigenvalue weighted by molar-refractivity contribution is 5.94. The van der Waals surface area contributed by atoms with Gasteiger partial charge in [0.15, 0.2) is 11.5 Å². The molecule has 1 unspecified atom stereocenters. The Bertz CT molecular complexity index is 659. The van der Waals surface area contributed by atoms with E-state index in [2.05, 4.69) is 19.2 Å². The van der Waals surface area contributed by atoms with Crippen molar-refractivity contribution < 1.29 is 19.1 Å². The van der Waals surface area contributed by atoms with Crippen LogP contribution >= 0.6 is 0 Å². The minimum Gasteiger partial charge on any atom is -0.493 e. The number of nitrogens with zero attached hydrogens (tertiary/aromatic N) is 1. The largest absolute Gasteiger partial charge is 0.493 e. The number of methoxy groups -OCH3 is 2. The fourth-order valence-corrected chi connectivity index (χ4v) is 3.31. The molecule has 6 nitrogen and oxygen atoms in total. The zero-order chi connectivity index (χ0) is 19.3. The fourth-order valence-electron chi connectivity index (χ4n) is 3.31. The maximum absolute atomic E-state index is 12.8. The van der Waals surface area contributed by atoms with E-state index in [1.165, 1.54) is 0 Å². The Morgan fingerprint density at radius 2 is 2.04 bits per heavy atom. The van der Waals surface area contributed by atoms with Crippen molar-refractivity contribution in [2.45, 2.75) is 52.1 Å². The third kappa shape index (κ3) is 4.11. The summed E-state index contributed by atoms with van der Waals surface area (Å²) in [4.78, 5) is 27.0. The highest BCUT2D eigenvalue weighted by Gasteiger charge is 2.47. The van der Waals surface area contributed by atoms with Gasteiger partial charge in [-0.2, -0.15) is 0 Å². The monoisotopic (exact) mass is 362 g/mol. The number of hydrogen-bond acceptors (Lipinski definition) is 4. The van der Waals surface area contributed by atoms with Crippen LogP contribution in [0.25, 0.3) is 0 Å². The first kappa shape index (κ1) is 20.1. The number of carbonyl (C=O) groups excluding carboxylic acids is 2. The van der Waals surface area contributed by atoms with Gasteiger partial charge in [-0.15, -0.1) is 0 Å². The minimum absolute atomic E-state index is 0.0172. The first-order valence-electron chi connectivity index (χ1n) is 9.12. The molecule has 0 saturated carbocycles. The van der Waals surface area contributed by atoms with E-state index in [0.29, 0.717) is 43.3 Å². The van der Waals surface area contributed by atoms with Crippen LogP contribution in [0.2, 0.25) is 0 Å². The van der Waals surface area contributed by atoms with Gasteiger partial charge in [-0.05, 0) is 31.7 Å². The summed E-state index contributed by atoms with van der Waals surface area (Å²) in [5.41, 5.74) is -0.0226. The second-order valence-electron chi connectivity index (χ2n) is 7.34. The Balaban J connectivity index is 2.21. The lowest BCUT2D eigenvalue weighted by Crippen LogP contribution is -2.54. The van der Waals surface area contributed by atoms with E-state index < -0.39 is 5.54 Å². The van der Waals surface area contributed by atoms with E-state index >= 15 is 0 Å². The van der Waals surface area contributed by atoms with Crippen molar-refractivity contribution in [3.63, 3.8) is 0 Å². The van der Waals surface area contributed by atoms with Gasteiger partial charge >= 0.3 is 0 Å². The Morgan fingerprint density at radius 3 is 2.65 bits per heavy atom. The topological polar surface area (TPSA) is 67.9 Å². The van der Waals surface area contributed by atoms with Crippen LogP contribution in [0.4, 0.5) is 0 Å². The van der Waals surface area contributed by atoms with Crippen molar-refractivity contribution >= 4 is 11.8 Å². The number of rotatable bonds is 8. The second kappa shape index (κ2) is 8.43. The van der Waals surface area contributed by atoms with E-state index in [1.807, 2.05) is 25.1 Å². The van der Waals surface area contributed by atoms with Gasteiger partial charge < -0.3 is 19.7 Å². The molecule has 0 aromatic heterocycles. The van der Waals surface area contributed by atoms with Gasteiger partial charge in [0.1, 0.15) is 5.54 Å². The molecule has 26 heavy (non-hydrogen) atoms. The summed E-state index contributed by atoms with van der Waals surface area (Å²) in [5.74, 6) is 1.62. The molecule has 144 valence electrons. The molecule has 0 aliphatic carbocycles. The molecule has 2 amide bonds. The predicted molar refractivity (Wildman–Crippen MR) is 100 cm³/mol. The predicted octanol–water partition coefficient (Wildman–Crippen LogP) is 2.75. The molecule has 1 aromatic rings. The molecule has 1 aliphatic heterocycles. The van der Waals surface area contributed by atoms with Crippen molar-refractivity contribution in [1.82, 2.24) is 10.2 Å². The van der Waals surface area contributed by atoms with Crippen molar-refractivity contribution in [1.29, 1.82) is 0 Å². The van der Waals surface area contributed by atoms with Gasteiger partial charge in [0.05, 0.1) is 20.8 Å². The summed E-state index contributed by atoms with van der Waals surface area (Å²) in [7, 11) is 3.15. The average molecular weight is 362 g/mol. The molecule has 1 N–H and O–H groups in total. The van der Waals surface area contributed by atoms with Gasteiger partial charge in [0, 0.05) is 18.5 Å². The maximum atomic E-state index is 12.8. The van der Waals surface area contributed by atoms with Crippen LogP contribution in [0.3, 0.4) is 0 Å². The summed E-state index contributed by atoms with van der Waals surface area (Å²) in [5, 5.41) is 3.00. The number of amides is 2. The summed E-state index contributed by atoms with van der Waals surface area (Å²) in [6, 6.07) is 5.56. The molecule has 6 heteroatoms. The van der Waals surface area contributed by atoms with Gasteiger partial charge in [0.2, 0.25) is 11.8 Å². The van der Waals surface area contributed by atoms with Crippen molar-refractivity contribution in [3.05, 3.63) is 23.8 Å². The SMILES string of the molecule is COc1cccc(CN2C(=O)CCC2(C)C(=O)NCCC(C)C)c1OC. The molecular formula is C20H30N2O4. The molecule has 2 rings (SSSR count). The van der Waals surface area contributed by atoms with Crippen LogP contribution in [-0.4, -0.2) is 43.0 Å². The summed E-state index contributed by atoms with van der Waals surface area (Å²) >= 11 is 0. The molecule has 1 heterocycles. The first-order chi connectivity index (χ1) is 12.3. The highest BCUT2D eigenvalue weighted by atomic mass is 16.5. The Morgan fingerprint density at radius 1 is 1.31 bits per heavy atom. The van der Waals surface area contributed by atoms with Crippen LogP contribution in [0.1, 0.15) is 45.6 Å².